The quantitative estimate of drug-likeness (QED) is 0.311. The molecule has 0 heterocycles. The van der Waals surface area contributed by atoms with Gasteiger partial charge < -0.3 is 14.8 Å². The van der Waals surface area contributed by atoms with Gasteiger partial charge in [0.15, 0.2) is 11.5 Å². The first kappa shape index (κ1) is 21.4. The van der Waals surface area contributed by atoms with Gasteiger partial charge in [-0.2, -0.15) is 0 Å². The summed E-state index contributed by atoms with van der Waals surface area (Å²) in [6, 6.07) is 16.9. The highest BCUT2D eigenvalue weighted by atomic mass is 127. The molecular weight excluding hydrogens is 531 g/mol. The number of ether oxygens (including phenoxy) is 2. The first-order valence-corrected chi connectivity index (χ1v) is 10.6. The molecule has 0 aliphatic heterocycles. The van der Waals surface area contributed by atoms with Gasteiger partial charge in [-0.15, -0.1) is 0 Å². The summed E-state index contributed by atoms with van der Waals surface area (Å²) in [6.07, 6.45) is 0. The number of nitrogens with one attached hydrogen (secondary N) is 1. The first-order valence-electron chi connectivity index (χ1n) is 8.39. The van der Waals surface area contributed by atoms with Crippen molar-refractivity contribution in [1.82, 2.24) is 0 Å². The van der Waals surface area contributed by atoms with Crippen LogP contribution in [0.15, 0.2) is 54.6 Å². The number of methoxy groups -OCH3 is 1. The van der Waals surface area contributed by atoms with Crippen LogP contribution in [0.2, 0.25) is 15.1 Å². The van der Waals surface area contributed by atoms with Gasteiger partial charge in [0.1, 0.15) is 6.61 Å². The molecule has 0 aromatic heterocycles. The van der Waals surface area contributed by atoms with Crippen LogP contribution in [0, 0.1) is 3.57 Å². The lowest BCUT2D eigenvalue weighted by atomic mass is 10.2. The molecule has 3 aromatic rings. The molecule has 146 valence electrons. The van der Waals surface area contributed by atoms with Crippen LogP contribution in [-0.2, 0) is 13.2 Å². The van der Waals surface area contributed by atoms with E-state index < -0.39 is 0 Å². The molecule has 0 unspecified atom stereocenters. The molecule has 0 aliphatic carbocycles. The lowest BCUT2D eigenvalue weighted by Crippen LogP contribution is -2.04. The van der Waals surface area contributed by atoms with Crippen LogP contribution in [0.3, 0.4) is 0 Å². The van der Waals surface area contributed by atoms with Gasteiger partial charge >= 0.3 is 0 Å². The fourth-order valence-electron chi connectivity index (χ4n) is 2.58. The van der Waals surface area contributed by atoms with Gasteiger partial charge in [-0.05, 0) is 76.2 Å². The summed E-state index contributed by atoms with van der Waals surface area (Å²) >= 11 is 20.3. The van der Waals surface area contributed by atoms with Crippen molar-refractivity contribution in [1.29, 1.82) is 0 Å². The van der Waals surface area contributed by atoms with Crippen molar-refractivity contribution in [2.24, 2.45) is 0 Å². The standard InChI is InChI=1S/C21H17Cl3INO2/c1-27-20-9-14(11-26-19-7-6-16(23)10-17(19)24)8-18(25)21(20)28-12-13-2-4-15(22)5-3-13/h2-10,26H,11-12H2,1H3. The highest BCUT2D eigenvalue weighted by Crippen LogP contribution is 2.35. The van der Waals surface area contributed by atoms with Crippen molar-refractivity contribution in [3.05, 3.63) is 84.4 Å². The molecule has 0 amide bonds. The van der Waals surface area contributed by atoms with Gasteiger partial charge in [0.05, 0.1) is 21.4 Å². The number of benzene rings is 3. The molecule has 0 saturated carbocycles. The Bertz CT molecular complexity index is 965. The van der Waals surface area contributed by atoms with E-state index in [2.05, 4.69) is 34.0 Å². The predicted octanol–water partition coefficient (Wildman–Crippen LogP) is 7.45. The topological polar surface area (TPSA) is 30.5 Å². The molecule has 0 fully saturated rings. The van der Waals surface area contributed by atoms with Gasteiger partial charge in [0.2, 0.25) is 0 Å². The van der Waals surface area contributed by atoms with Crippen LogP contribution >= 0.6 is 57.4 Å². The summed E-state index contributed by atoms with van der Waals surface area (Å²) < 4.78 is 12.5. The van der Waals surface area contributed by atoms with Crippen molar-refractivity contribution in [2.45, 2.75) is 13.2 Å². The second-order valence-electron chi connectivity index (χ2n) is 6.00. The monoisotopic (exact) mass is 547 g/mol. The molecule has 3 rings (SSSR count). The smallest absolute Gasteiger partial charge is 0.174 e. The van der Waals surface area contributed by atoms with E-state index in [0.717, 1.165) is 20.4 Å². The van der Waals surface area contributed by atoms with Crippen LogP contribution in [-0.4, -0.2) is 7.11 Å². The molecule has 28 heavy (non-hydrogen) atoms. The summed E-state index contributed by atoms with van der Waals surface area (Å²) in [6.45, 7) is 1.02. The average molecular weight is 549 g/mol. The second-order valence-corrected chi connectivity index (χ2v) is 8.44. The third kappa shape index (κ3) is 5.60. The van der Waals surface area contributed by atoms with E-state index in [4.69, 9.17) is 44.3 Å². The summed E-state index contributed by atoms with van der Waals surface area (Å²) in [5.74, 6) is 1.39. The van der Waals surface area contributed by atoms with E-state index in [-0.39, 0.29) is 0 Å². The summed E-state index contributed by atoms with van der Waals surface area (Å²) in [5, 5.41) is 5.20. The molecule has 0 spiro atoms. The first-order chi connectivity index (χ1) is 13.5. The second kappa shape index (κ2) is 9.92. The van der Waals surface area contributed by atoms with Gasteiger partial charge in [-0.25, -0.2) is 0 Å². The molecule has 0 radical (unpaired) electrons. The molecule has 0 aliphatic rings. The number of halogens is 4. The summed E-state index contributed by atoms with van der Waals surface area (Å²) in [4.78, 5) is 0. The van der Waals surface area contributed by atoms with Gasteiger partial charge in [0.25, 0.3) is 0 Å². The Morgan fingerprint density at radius 1 is 0.893 bits per heavy atom. The van der Waals surface area contributed by atoms with Crippen LogP contribution in [0.4, 0.5) is 5.69 Å². The maximum Gasteiger partial charge on any atom is 0.174 e. The third-order valence-corrected chi connectivity index (χ3v) is 5.60. The number of anilines is 1. The third-order valence-electron chi connectivity index (χ3n) is 4.00. The fourth-order valence-corrected chi connectivity index (χ4v) is 4.00. The van der Waals surface area contributed by atoms with Crippen LogP contribution < -0.4 is 14.8 Å². The highest BCUT2D eigenvalue weighted by Gasteiger charge is 2.12. The van der Waals surface area contributed by atoms with Gasteiger partial charge in [-0.1, -0.05) is 46.9 Å². The number of hydrogen-bond donors (Lipinski definition) is 1. The van der Waals surface area contributed by atoms with E-state index in [1.807, 2.05) is 36.4 Å². The Kier molecular flexibility index (Phi) is 7.57. The Labute approximate surface area is 193 Å². The average Bonchev–Trinajstić information content (AvgIpc) is 2.67. The van der Waals surface area contributed by atoms with Crippen molar-refractivity contribution in [3.8, 4) is 11.5 Å². The molecule has 1 N–H and O–H groups in total. The van der Waals surface area contributed by atoms with E-state index in [9.17, 15) is 0 Å². The molecule has 7 heteroatoms. The zero-order chi connectivity index (χ0) is 20.1. The SMILES string of the molecule is COc1cc(CNc2ccc(Cl)cc2Cl)cc(I)c1OCc1ccc(Cl)cc1. The Morgan fingerprint density at radius 3 is 2.29 bits per heavy atom. The van der Waals surface area contributed by atoms with E-state index >= 15 is 0 Å². The van der Waals surface area contributed by atoms with Crippen molar-refractivity contribution < 1.29 is 9.47 Å². The Balaban J connectivity index is 1.72. The largest absolute Gasteiger partial charge is 0.493 e. The molecule has 0 saturated heterocycles. The maximum atomic E-state index is 6.22. The number of hydrogen-bond acceptors (Lipinski definition) is 3. The molecule has 3 nitrogen and oxygen atoms in total. The van der Waals surface area contributed by atoms with Gasteiger partial charge in [-0.3, -0.25) is 0 Å². The Hall–Kier alpha value is -1.34. The lowest BCUT2D eigenvalue weighted by molar-refractivity contribution is 0.282. The lowest BCUT2D eigenvalue weighted by Gasteiger charge is -2.15. The van der Waals surface area contributed by atoms with Crippen LogP contribution in [0.1, 0.15) is 11.1 Å². The maximum absolute atomic E-state index is 6.22. The number of rotatable bonds is 7. The molecule has 0 atom stereocenters. The van der Waals surface area contributed by atoms with Crippen LogP contribution in [0.5, 0.6) is 11.5 Å². The minimum absolute atomic E-state index is 0.432. The summed E-state index contributed by atoms with van der Waals surface area (Å²) in [7, 11) is 1.63. The zero-order valence-corrected chi connectivity index (χ0v) is 19.4. The highest BCUT2D eigenvalue weighted by molar-refractivity contribution is 14.1. The van der Waals surface area contributed by atoms with E-state index in [1.54, 1.807) is 19.2 Å². The predicted molar refractivity (Wildman–Crippen MR) is 125 cm³/mol. The molecular formula is C21H17Cl3INO2. The Morgan fingerprint density at radius 2 is 1.61 bits per heavy atom. The minimum Gasteiger partial charge on any atom is -0.493 e. The van der Waals surface area contributed by atoms with Gasteiger partial charge in [0, 0.05) is 16.6 Å². The zero-order valence-electron chi connectivity index (χ0n) is 14.9. The van der Waals surface area contributed by atoms with Crippen molar-refractivity contribution in [3.63, 3.8) is 0 Å². The van der Waals surface area contributed by atoms with Crippen LogP contribution in [0.25, 0.3) is 0 Å². The molecule has 0 bridgehead atoms. The molecule has 3 aromatic carbocycles. The fraction of sp³-hybridized carbons (Fsp3) is 0.143. The minimum atomic E-state index is 0.432. The van der Waals surface area contributed by atoms with Crippen molar-refractivity contribution >= 4 is 63.1 Å². The van der Waals surface area contributed by atoms with E-state index in [0.29, 0.717) is 39.7 Å². The summed E-state index contributed by atoms with van der Waals surface area (Å²) in [5.41, 5.74) is 2.90. The van der Waals surface area contributed by atoms with Crippen molar-refractivity contribution in [2.75, 3.05) is 12.4 Å². The normalized spacial score (nSPS) is 10.6. The van der Waals surface area contributed by atoms with E-state index in [1.165, 1.54) is 0 Å².